The highest BCUT2D eigenvalue weighted by Crippen LogP contribution is 2.18. The summed E-state index contributed by atoms with van der Waals surface area (Å²) in [5.74, 6) is 3.13. The van der Waals surface area contributed by atoms with E-state index in [1.165, 1.54) is 24.3 Å². The Kier molecular flexibility index (Phi) is 5.90. The number of aliphatic hydroxyl groups excluding tert-OH is 1. The molecule has 84 valence electrons. The third-order valence-corrected chi connectivity index (χ3v) is 4.25. The summed E-state index contributed by atoms with van der Waals surface area (Å²) in [5.41, 5.74) is 0. The average molecular weight is 217 g/mol. The van der Waals surface area contributed by atoms with Crippen molar-refractivity contribution in [1.82, 2.24) is 5.32 Å². The molecule has 0 amide bonds. The lowest BCUT2D eigenvalue weighted by Crippen LogP contribution is -2.45. The molecule has 0 aromatic heterocycles. The van der Waals surface area contributed by atoms with Gasteiger partial charge in [-0.1, -0.05) is 20.3 Å². The minimum atomic E-state index is 0.276. The van der Waals surface area contributed by atoms with Crippen LogP contribution in [-0.4, -0.2) is 35.3 Å². The van der Waals surface area contributed by atoms with Crippen molar-refractivity contribution in [3.05, 3.63) is 0 Å². The van der Waals surface area contributed by atoms with Gasteiger partial charge in [0.1, 0.15) is 0 Å². The normalized spacial score (nSPS) is 23.4. The van der Waals surface area contributed by atoms with E-state index < -0.39 is 0 Å². The van der Waals surface area contributed by atoms with E-state index in [2.05, 4.69) is 19.2 Å². The molecule has 0 aromatic rings. The number of nitrogens with one attached hydrogen (secondary N) is 1. The van der Waals surface area contributed by atoms with Crippen molar-refractivity contribution in [1.29, 1.82) is 0 Å². The zero-order valence-electron chi connectivity index (χ0n) is 9.33. The molecule has 2 atom stereocenters. The maximum atomic E-state index is 9.29. The van der Waals surface area contributed by atoms with Crippen LogP contribution < -0.4 is 5.32 Å². The zero-order chi connectivity index (χ0) is 10.4. The Morgan fingerprint density at radius 2 is 2.07 bits per heavy atom. The highest BCUT2D eigenvalue weighted by atomic mass is 32.2. The van der Waals surface area contributed by atoms with Gasteiger partial charge in [0.05, 0.1) is 6.61 Å². The number of hydrogen-bond donors (Lipinski definition) is 2. The number of aliphatic hydroxyl groups is 1. The van der Waals surface area contributed by atoms with Gasteiger partial charge in [-0.15, -0.1) is 0 Å². The molecule has 0 aromatic carbocycles. The van der Waals surface area contributed by atoms with Gasteiger partial charge in [-0.2, -0.15) is 11.8 Å². The van der Waals surface area contributed by atoms with Gasteiger partial charge >= 0.3 is 0 Å². The number of hydrogen-bond acceptors (Lipinski definition) is 3. The molecule has 3 heteroatoms. The second kappa shape index (κ2) is 6.70. The molecular formula is C11H23NOS. The molecule has 1 fully saturated rings. The van der Waals surface area contributed by atoms with Gasteiger partial charge in [0, 0.05) is 12.1 Å². The molecule has 14 heavy (non-hydrogen) atoms. The minimum absolute atomic E-state index is 0.276. The lowest BCUT2D eigenvalue weighted by Gasteiger charge is -2.30. The molecule has 1 heterocycles. The van der Waals surface area contributed by atoms with E-state index in [4.69, 9.17) is 0 Å². The number of rotatable bonds is 5. The van der Waals surface area contributed by atoms with Crippen LogP contribution in [0.25, 0.3) is 0 Å². The molecule has 0 spiro atoms. The predicted octanol–water partition coefficient (Wildman–Crippen LogP) is 1.88. The predicted molar refractivity (Wildman–Crippen MR) is 63.8 cm³/mol. The van der Waals surface area contributed by atoms with Gasteiger partial charge in [-0.05, 0) is 30.3 Å². The van der Waals surface area contributed by atoms with Crippen LogP contribution in [0.3, 0.4) is 0 Å². The van der Waals surface area contributed by atoms with Crippen molar-refractivity contribution >= 4 is 11.8 Å². The summed E-state index contributed by atoms with van der Waals surface area (Å²) < 4.78 is 0. The smallest absolute Gasteiger partial charge is 0.0587 e. The highest BCUT2D eigenvalue weighted by Gasteiger charge is 2.20. The molecule has 0 aliphatic carbocycles. The Labute approximate surface area is 91.9 Å². The van der Waals surface area contributed by atoms with Crippen molar-refractivity contribution in [2.24, 2.45) is 5.92 Å². The third-order valence-electron chi connectivity index (χ3n) is 3.20. The lowest BCUT2D eigenvalue weighted by atomic mass is 9.98. The summed E-state index contributed by atoms with van der Waals surface area (Å²) in [7, 11) is 0. The van der Waals surface area contributed by atoms with Gasteiger partial charge in [0.15, 0.2) is 0 Å². The fourth-order valence-corrected chi connectivity index (χ4v) is 2.95. The fourth-order valence-electron chi connectivity index (χ4n) is 1.85. The van der Waals surface area contributed by atoms with E-state index in [9.17, 15) is 5.11 Å². The summed E-state index contributed by atoms with van der Waals surface area (Å²) in [6.07, 6.45) is 3.66. The Balaban J connectivity index is 2.30. The van der Waals surface area contributed by atoms with Crippen LogP contribution in [0.1, 0.15) is 33.1 Å². The average Bonchev–Trinajstić information content (AvgIpc) is 2.26. The third kappa shape index (κ3) is 3.79. The summed E-state index contributed by atoms with van der Waals surface area (Å²) in [4.78, 5) is 0. The Bertz CT molecular complexity index is 148. The van der Waals surface area contributed by atoms with Crippen LogP contribution in [0.15, 0.2) is 0 Å². The van der Waals surface area contributed by atoms with Crippen LogP contribution in [0, 0.1) is 5.92 Å². The van der Waals surface area contributed by atoms with Crippen molar-refractivity contribution in [3.63, 3.8) is 0 Å². The van der Waals surface area contributed by atoms with Gasteiger partial charge in [-0.3, -0.25) is 0 Å². The first-order chi connectivity index (χ1) is 6.77. The second-order valence-electron chi connectivity index (χ2n) is 4.23. The van der Waals surface area contributed by atoms with Gasteiger partial charge in [0.2, 0.25) is 0 Å². The molecule has 0 bridgehead atoms. The molecule has 0 radical (unpaired) electrons. The molecule has 1 aliphatic rings. The Morgan fingerprint density at radius 3 is 2.57 bits per heavy atom. The standard InChI is InChI=1S/C11H23NOS/c1-3-9(2)11(8-13)12-10-4-6-14-7-5-10/h9-13H,3-8H2,1-2H3. The molecular weight excluding hydrogens is 194 g/mol. The molecule has 2 unspecified atom stereocenters. The van der Waals surface area contributed by atoms with Gasteiger partial charge in [0.25, 0.3) is 0 Å². The van der Waals surface area contributed by atoms with Crippen LogP contribution in [0.2, 0.25) is 0 Å². The van der Waals surface area contributed by atoms with Gasteiger partial charge < -0.3 is 10.4 Å². The van der Waals surface area contributed by atoms with Crippen molar-refractivity contribution in [2.75, 3.05) is 18.1 Å². The first kappa shape index (κ1) is 12.3. The van der Waals surface area contributed by atoms with Crippen LogP contribution in [-0.2, 0) is 0 Å². The molecule has 0 saturated carbocycles. The monoisotopic (exact) mass is 217 g/mol. The SMILES string of the molecule is CCC(C)C(CO)NC1CCSCC1. The van der Waals surface area contributed by atoms with E-state index in [-0.39, 0.29) is 6.61 Å². The van der Waals surface area contributed by atoms with Gasteiger partial charge in [-0.25, -0.2) is 0 Å². The first-order valence-electron chi connectivity index (χ1n) is 5.72. The summed E-state index contributed by atoms with van der Waals surface area (Å²) in [6.45, 7) is 4.68. The molecule has 2 nitrogen and oxygen atoms in total. The van der Waals surface area contributed by atoms with E-state index in [0.717, 1.165) is 6.42 Å². The molecule has 1 saturated heterocycles. The van der Waals surface area contributed by atoms with Crippen LogP contribution in [0.5, 0.6) is 0 Å². The highest BCUT2D eigenvalue weighted by molar-refractivity contribution is 7.99. The van der Waals surface area contributed by atoms with Crippen molar-refractivity contribution in [3.8, 4) is 0 Å². The van der Waals surface area contributed by atoms with E-state index >= 15 is 0 Å². The maximum absolute atomic E-state index is 9.29. The fraction of sp³-hybridized carbons (Fsp3) is 1.00. The molecule has 1 aliphatic heterocycles. The summed E-state index contributed by atoms with van der Waals surface area (Å²) >= 11 is 2.04. The van der Waals surface area contributed by atoms with E-state index in [1.807, 2.05) is 11.8 Å². The molecule has 2 N–H and O–H groups in total. The van der Waals surface area contributed by atoms with Crippen molar-refractivity contribution in [2.45, 2.75) is 45.2 Å². The largest absolute Gasteiger partial charge is 0.395 e. The maximum Gasteiger partial charge on any atom is 0.0587 e. The van der Waals surface area contributed by atoms with E-state index in [1.54, 1.807) is 0 Å². The minimum Gasteiger partial charge on any atom is -0.395 e. The molecule has 1 rings (SSSR count). The van der Waals surface area contributed by atoms with Crippen LogP contribution in [0.4, 0.5) is 0 Å². The quantitative estimate of drug-likeness (QED) is 0.737. The van der Waals surface area contributed by atoms with E-state index in [0.29, 0.717) is 18.0 Å². The van der Waals surface area contributed by atoms with Crippen LogP contribution >= 0.6 is 11.8 Å². The Morgan fingerprint density at radius 1 is 1.43 bits per heavy atom. The summed E-state index contributed by atoms with van der Waals surface area (Å²) in [6, 6.07) is 0.940. The lowest BCUT2D eigenvalue weighted by molar-refractivity contribution is 0.187. The second-order valence-corrected chi connectivity index (χ2v) is 5.45. The van der Waals surface area contributed by atoms with Crippen molar-refractivity contribution < 1.29 is 5.11 Å². The number of thioether (sulfide) groups is 1. The Hall–Kier alpha value is 0.270. The first-order valence-corrected chi connectivity index (χ1v) is 6.88. The topological polar surface area (TPSA) is 32.3 Å². The summed E-state index contributed by atoms with van der Waals surface area (Å²) in [5, 5.41) is 12.9. The zero-order valence-corrected chi connectivity index (χ0v) is 10.1.